The largest absolute Gasteiger partial charge is 0.322 e. The summed E-state index contributed by atoms with van der Waals surface area (Å²) in [6.45, 7) is 0. The number of rotatable bonds is 6. The third kappa shape index (κ3) is 4.95. The predicted molar refractivity (Wildman–Crippen MR) is 83.5 cm³/mol. The van der Waals surface area contributed by atoms with Crippen molar-refractivity contribution in [1.82, 2.24) is 4.90 Å². The first-order chi connectivity index (χ1) is 9.10. The second-order valence-electron chi connectivity index (χ2n) is 3.99. The number of halogens is 1. The Morgan fingerprint density at radius 1 is 1.42 bits per heavy atom. The van der Waals surface area contributed by atoms with Gasteiger partial charge in [0.15, 0.2) is 0 Å². The molecule has 0 aliphatic rings. The summed E-state index contributed by atoms with van der Waals surface area (Å²) in [5.74, 6) is 0.567. The van der Waals surface area contributed by atoms with E-state index in [0.29, 0.717) is 0 Å². The fourth-order valence-electron chi connectivity index (χ4n) is 1.59. The minimum atomic E-state index is -0.422. The molecule has 6 heteroatoms. The van der Waals surface area contributed by atoms with Crippen molar-refractivity contribution in [2.45, 2.75) is 11.8 Å². The summed E-state index contributed by atoms with van der Waals surface area (Å²) in [6, 6.07) is 5.88. The normalized spacial score (nSPS) is 12.0. The van der Waals surface area contributed by atoms with E-state index in [2.05, 4.69) is 5.32 Å². The average Bonchev–Trinajstić information content (AvgIpc) is 2.42. The van der Waals surface area contributed by atoms with Crippen LogP contribution >= 0.6 is 23.5 Å². The highest BCUT2D eigenvalue weighted by Crippen LogP contribution is 2.19. The summed E-state index contributed by atoms with van der Waals surface area (Å²) in [5, 5.41) is 2.69. The van der Waals surface area contributed by atoms with Crippen molar-refractivity contribution in [2.75, 3.05) is 30.6 Å². The number of hydrogen-bond acceptors (Lipinski definition) is 3. The summed E-state index contributed by atoms with van der Waals surface area (Å²) in [7, 11) is 1.73. The lowest BCUT2D eigenvalue weighted by molar-refractivity contribution is 0.218. The first-order valence-electron chi connectivity index (χ1n) is 5.90. The molecule has 0 bridgehead atoms. The average molecular weight is 302 g/mol. The van der Waals surface area contributed by atoms with Crippen molar-refractivity contribution in [2.24, 2.45) is 0 Å². The number of anilines is 1. The monoisotopic (exact) mass is 302 g/mol. The first kappa shape index (κ1) is 16.2. The van der Waals surface area contributed by atoms with Gasteiger partial charge in [0.25, 0.3) is 0 Å². The molecule has 0 aromatic heterocycles. The maximum absolute atomic E-state index is 13.5. The van der Waals surface area contributed by atoms with Gasteiger partial charge in [0.05, 0.1) is 11.1 Å². The SMILES string of the molecule is CSCCC(SC)N(C)C(=O)Nc1ccccc1F. The molecule has 0 aliphatic heterocycles. The van der Waals surface area contributed by atoms with Crippen LogP contribution in [0.4, 0.5) is 14.9 Å². The maximum Gasteiger partial charge on any atom is 0.322 e. The highest BCUT2D eigenvalue weighted by molar-refractivity contribution is 7.99. The van der Waals surface area contributed by atoms with E-state index in [1.807, 2.05) is 12.5 Å². The number of urea groups is 1. The smallest absolute Gasteiger partial charge is 0.316 e. The van der Waals surface area contributed by atoms with Gasteiger partial charge >= 0.3 is 6.03 Å². The minimum absolute atomic E-state index is 0.0965. The summed E-state index contributed by atoms with van der Waals surface area (Å²) < 4.78 is 13.5. The number of nitrogens with one attached hydrogen (secondary N) is 1. The number of carbonyl (C=O) groups is 1. The van der Waals surface area contributed by atoms with Crippen molar-refractivity contribution in [1.29, 1.82) is 0 Å². The van der Waals surface area contributed by atoms with Crippen molar-refractivity contribution in [3.63, 3.8) is 0 Å². The number of benzene rings is 1. The van der Waals surface area contributed by atoms with Crippen LogP contribution in [0.15, 0.2) is 24.3 Å². The molecule has 106 valence electrons. The van der Waals surface area contributed by atoms with E-state index in [1.54, 1.807) is 53.7 Å². The third-order valence-corrected chi connectivity index (χ3v) is 4.45. The lowest BCUT2D eigenvalue weighted by atomic mass is 10.3. The molecule has 0 aliphatic carbocycles. The molecule has 3 nitrogen and oxygen atoms in total. The van der Waals surface area contributed by atoms with E-state index in [4.69, 9.17) is 0 Å². The van der Waals surface area contributed by atoms with Gasteiger partial charge in [-0.15, -0.1) is 11.8 Å². The van der Waals surface area contributed by atoms with Gasteiger partial charge < -0.3 is 10.2 Å². The molecule has 1 N–H and O–H groups in total. The summed E-state index contributed by atoms with van der Waals surface area (Å²) in [4.78, 5) is 13.7. The van der Waals surface area contributed by atoms with Crippen LogP contribution in [-0.2, 0) is 0 Å². The van der Waals surface area contributed by atoms with Crippen LogP contribution in [0, 0.1) is 5.82 Å². The first-order valence-corrected chi connectivity index (χ1v) is 8.58. The number of amides is 2. The van der Waals surface area contributed by atoms with Crippen LogP contribution in [0.1, 0.15) is 6.42 Å². The molecule has 1 unspecified atom stereocenters. The van der Waals surface area contributed by atoms with Crippen molar-refractivity contribution in [3.8, 4) is 0 Å². The van der Waals surface area contributed by atoms with E-state index in [-0.39, 0.29) is 17.1 Å². The maximum atomic E-state index is 13.5. The Morgan fingerprint density at radius 3 is 2.68 bits per heavy atom. The van der Waals surface area contributed by atoms with Gasteiger partial charge in [-0.2, -0.15) is 11.8 Å². The summed E-state index contributed by atoms with van der Waals surface area (Å²) in [6.07, 6.45) is 4.91. The Morgan fingerprint density at radius 2 is 2.11 bits per heavy atom. The quantitative estimate of drug-likeness (QED) is 0.813. The number of nitrogens with zero attached hydrogens (tertiary/aromatic N) is 1. The van der Waals surface area contributed by atoms with Gasteiger partial charge in [0, 0.05) is 7.05 Å². The van der Waals surface area contributed by atoms with Crippen molar-refractivity contribution in [3.05, 3.63) is 30.1 Å². The third-order valence-electron chi connectivity index (χ3n) is 2.71. The molecule has 0 spiro atoms. The molecule has 0 radical (unpaired) electrons. The topological polar surface area (TPSA) is 32.3 Å². The number of hydrogen-bond donors (Lipinski definition) is 1. The van der Waals surface area contributed by atoms with Crippen molar-refractivity contribution >= 4 is 35.2 Å². The van der Waals surface area contributed by atoms with E-state index >= 15 is 0 Å². The number of carbonyl (C=O) groups excluding carboxylic acids is 1. The van der Waals surface area contributed by atoms with Gasteiger partial charge in [-0.25, -0.2) is 9.18 Å². The van der Waals surface area contributed by atoms with Crippen LogP contribution in [-0.4, -0.2) is 41.6 Å². The van der Waals surface area contributed by atoms with Crippen LogP contribution in [0.5, 0.6) is 0 Å². The molecule has 0 saturated heterocycles. The highest BCUT2D eigenvalue weighted by Gasteiger charge is 2.19. The fraction of sp³-hybridized carbons (Fsp3) is 0.462. The second-order valence-corrected chi connectivity index (χ2v) is 5.99. The van der Waals surface area contributed by atoms with E-state index < -0.39 is 5.82 Å². The minimum Gasteiger partial charge on any atom is -0.316 e. The van der Waals surface area contributed by atoms with Gasteiger partial charge in [-0.1, -0.05) is 12.1 Å². The lowest BCUT2D eigenvalue weighted by Crippen LogP contribution is -2.38. The van der Waals surface area contributed by atoms with Crippen LogP contribution in [0.25, 0.3) is 0 Å². The number of para-hydroxylation sites is 1. The molecular formula is C13H19FN2OS2. The van der Waals surface area contributed by atoms with Gasteiger partial charge in [0.2, 0.25) is 0 Å². The highest BCUT2D eigenvalue weighted by atomic mass is 32.2. The van der Waals surface area contributed by atoms with Crippen molar-refractivity contribution < 1.29 is 9.18 Å². The molecule has 1 rings (SSSR count). The molecule has 0 heterocycles. The number of thioether (sulfide) groups is 2. The zero-order valence-corrected chi connectivity index (χ0v) is 13.0. The molecule has 1 aromatic carbocycles. The Bertz CT molecular complexity index is 417. The Labute approximate surface area is 122 Å². The lowest BCUT2D eigenvalue weighted by Gasteiger charge is -2.26. The zero-order chi connectivity index (χ0) is 14.3. The Hall–Kier alpha value is -0.880. The summed E-state index contributed by atoms with van der Waals surface area (Å²) >= 11 is 3.37. The Balaban J connectivity index is 2.63. The Kier molecular flexibility index (Phi) is 7.09. The zero-order valence-electron chi connectivity index (χ0n) is 11.4. The van der Waals surface area contributed by atoms with Gasteiger partial charge in [0.1, 0.15) is 5.82 Å². The molecule has 0 fully saturated rings. The second kappa shape index (κ2) is 8.32. The van der Waals surface area contributed by atoms with Crippen LogP contribution < -0.4 is 5.32 Å². The van der Waals surface area contributed by atoms with Gasteiger partial charge in [-0.3, -0.25) is 0 Å². The molecule has 2 amide bonds. The summed E-state index contributed by atoms with van der Waals surface area (Å²) in [5.41, 5.74) is 0.212. The molecular weight excluding hydrogens is 283 g/mol. The molecule has 0 saturated carbocycles. The van der Waals surface area contributed by atoms with Gasteiger partial charge in [-0.05, 0) is 36.8 Å². The predicted octanol–water partition coefficient (Wildman–Crippen LogP) is 3.73. The van der Waals surface area contributed by atoms with E-state index in [0.717, 1.165) is 12.2 Å². The fourth-order valence-corrected chi connectivity index (χ4v) is 2.96. The molecule has 1 atom stereocenters. The van der Waals surface area contributed by atoms with E-state index in [9.17, 15) is 9.18 Å². The van der Waals surface area contributed by atoms with E-state index in [1.165, 1.54) is 6.07 Å². The molecule has 19 heavy (non-hydrogen) atoms. The van der Waals surface area contributed by atoms with Crippen LogP contribution in [0.2, 0.25) is 0 Å². The molecule has 1 aromatic rings. The van der Waals surface area contributed by atoms with Crippen LogP contribution in [0.3, 0.4) is 0 Å². The standard InChI is InChI=1S/C13H19FN2OS2/c1-16(12(19-3)8-9-18-2)13(17)15-11-7-5-4-6-10(11)14/h4-7,12H,8-9H2,1-3H3,(H,15,17).